The van der Waals surface area contributed by atoms with Gasteiger partial charge in [0.2, 0.25) is 11.7 Å². The van der Waals surface area contributed by atoms with Crippen LogP contribution in [0.15, 0.2) is 30.7 Å². The smallest absolute Gasteiger partial charge is 0.351 e. The lowest BCUT2D eigenvalue weighted by Crippen LogP contribution is -2.41. The van der Waals surface area contributed by atoms with Crippen molar-refractivity contribution >= 4 is 18.3 Å². The Kier molecular flexibility index (Phi) is 6.89. The maximum Gasteiger partial charge on any atom is 0.451 e. The zero-order valence-corrected chi connectivity index (χ0v) is 15.5. The fourth-order valence-corrected chi connectivity index (χ4v) is 2.76. The quantitative estimate of drug-likeness (QED) is 0.745. The van der Waals surface area contributed by atoms with Crippen LogP contribution in [-0.4, -0.2) is 39.1 Å². The summed E-state index contributed by atoms with van der Waals surface area (Å²) in [6.07, 6.45) is -1.98. The van der Waals surface area contributed by atoms with E-state index in [1.807, 2.05) is 0 Å². The number of nitrogens with zero attached hydrogens (tertiary/aromatic N) is 3. The summed E-state index contributed by atoms with van der Waals surface area (Å²) in [6, 6.07) is 2.33. The van der Waals surface area contributed by atoms with Crippen molar-refractivity contribution in [2.75, 3.05) is 0 Å². The molecule has 1 fully saturated rings. The van der Waals surface area contributed by atoms with Crippen LogP contribution in [0.2, 0.25) is 0 Å². The Balaban J connectivity index is 0.00000280. The number of aromatic nitrogens is 3. The zero-order chi connectivity index (χ0) is 19.6. The van der Waals surface area contributed by atoms with Gasteiger partial charge in [-0.3, -0.25) is 9.78 Å². The molecule has 1 saturated heterocycles. The van der Waals surface area contributed by atoms with Crippen LogP contribution in [0.25, 0.3) is 11.3 Å². The molecule has 0 bridgehead atoms. The number of carbonyl (C=O) groups is 1. The molecule has 3 heterocycles. The molecule has 0 aromatic carbocycles. The van der Waals surface area contributed by atoms with Crippen molar-refractivity contribution < 1.29 is 22.4 Å². The van der Waals surface area contributed by atoms with E-state index in [1.54, 1.807) is 19.1 Å². The van der Waals surface area contributed by atoms with Crippen molar-refractivity contribution in [1.29, 1.82) is 0 Å². The molecule has 3 atom stereocenters. The summed E-state index contributed by atoms with van der Waals surface area (Å²) in [7, 11) is 0. The molecule has 1 aliphatic heterocycles. The van der Waals surface area contributed by atoms with E-state index in [4.69, 9.17) is 0 Å². The van der Waals surface area contributed by atoms with E-state index in [0.717, 1.165) is 12.4 Å². The van der Waals surface area contributed by atoms with Crippen LogP contribution in [-0.2, 0) is 17.5 Å². The molecule has 152 valence electrons. The van der Waals surface area contributed by atoms with Crippen LogP contribution in [0.5, 0.6) is 0 Å². The highest BCUT2D eigenvalue weighted by molar-refractivity contribution is 5.85. The van der Waals surface area contributed by atoms with Crippen LogP contribution in [0.1, 0.15) is 24.7 Å². The van der Waals surface area contributed by atoms with Crippen molar-refractivity contribution in [3.63, 3.8) is 0 Å². The van der Waals surface area contributed by atoms with Crippen LogP contribution >= 0.6 is 12.4 Å². The Labute approximate surface area is 164 Å². The van der Waals surface area contributed by atoms with E-state index in [1.165, 1.54) is 6.20 Å². The van der Waals surface area contributed by atoms with Gasteiger partial charge in [0.1, 0.15) is 6.17 Å². The molecule has 2 aromatic heterocycles. The molecule has 0 aliphatic carbocycles. The number of halogens is 5. The summed E-state index contributed by atoms with van der Waals surface area (Å²) in [4.78, 5) is 22.8. The number of hydrogen-bond acceptors (Lipinski definition) is 5. The van der Waals surface area contributed by atoms with Gasteiger partial charge in [0.05, 0.1) is 11.7 Å². The molecule has 6 nitrogen and oxygen atoms in total. The Bertz CT molecular complexity index is 808. The maximum absolute atomic E-state index is 13.5. The Morgan fingerprint density at radius 1 is 1.29 bits per heavy atom. The molecule has 0 saturated carbocycles. The molecule has 0 radical (unpaired) electrons. The predicted molar refractivity (Wildman–Crippen MR) is 95.3 cm³/mol. The third-order valence-electron chi connectivity index (χ3n) is 4.28. The lowest BCUT2D eigenvalue weighted by atomic mass is 10.1. The van der Waals surface area contributed by atoms with Gasteiger partial charge in [-0.05, 0) is 24.6 Å². The Morgan fingerprint density at radius 3 is 2.54 bits per heavy atom. The molecular formula is C17H18ClF4N5O. The highest BCUT2D eigenvalue weighted by Crippen LogP contribution is 2.26. The van der Waals surface area contributed by atoms with Gasteiger partial charge < -0.3 is 10.6 Å². The number of amides is 1. The Hall–Kier alpha value is -2.33. The number of hydrogen-bond donors (Lipinski definition) is 2. The molecule has 1 amide bonds. The van der Waals surface area contributed by atoms with Crippen molar-refractivity contribution in [2.24, 2.45) is 0 Å². The normalized spacial score (nSPS) is 21.8. The van der Waals surface area contributed by atoms with Crippen LogP contribution in [0, 0.1) is 0 Å². The number of alkyl halides is 4. The van der Waals surface area contributed by atoms with Gasteiger partial charge in [-0.15, -0.1) is 12.4 Å². The summed E-state index contributed by atoms with van der Waals surface area (Å²) in [5.74, 6) is -1.53. The lowest BCUT2D eigenvalue weighted by Gasteiger charge is -2.12. The SMILES string of the molecule is C[C@@H]1N[C@H](C(=O)NCc2ccnc(-c3cnc(C(F)(F)F)nc3)c2)C[C@H]1F.Cl. The van der Waals surface area contributed by atoms with Gasteiger partial charge in [0.25, 0.3) is 0 Å². The summed E-state index contributed by atoms with van der Waals surface area (Å²) < 4.78 is 51.1. The largest absolute Gasteiger partial charge is 0.451 e. The molecule has 1 aliphatic rings. The highest BCUT2D eigenvalue weighted by Gasteiger charge is 2.35. The lowest BCUT2D eigenvalue weighted by molar-refractivity contribution is -0.145. The fraction of sp³-hybridized carbons (Fsp3) is 0.412. The molecule has 0 spiro atoms. The predicted octanol–water partition coefficient (Wildman–Crippen LogP) is 2.68. The molecule has 28 heavy (non-hydrogen) atoms. The van der Waals surface area contributed by atoms with E-state index in [0.29, 0.717) is 16.8 Å². The molecule has 3 rings (SSSR count). The number of nitrogens with one attached hydrogen (secondary N) is 2. The average molecular weight is 420 g/mol. The molecule has 11 heteroatoms. The first kappa shape index (κ1) is 22.0. The van der Waals surface area contributed by atoms with E-state index in [2.05, 4.69) is 25.6 Å². The highest BCUT2D eigenvalue weighted by atomic mass is 35.5. The third-order valence-corrected chi connectivity index (χ3v) is 4.28. The topological polar surface area (TPSA) is 79.8 Å². The summed E-state index contributed by atoms with van der Waals surface area (Å²) in [5.41, 5.74) is 1.39. The average Bonchev–Trinajstić information content (AvgIpc) is 2.98. The first-order chi connectivity index (χ1) is 12.7. The fourth-order valence-electron chi connectivity index (χ4n) is 2.76. The van der Waals surface area contributed by atoms with Gasteiger partial charge in [0.15, 0.2) is 0 Å². The molecule has 2 N–H and O–H groups in total. The van der Waals surface area contributed by atoms with Crippen LogP contribution in [0.3, 0.4) is 0 Å². The number of carbonyl (C=O) groups excluding carboxylic acids is 1. The minimum atomic E-state index is -4.61. The molecule has 0 unspecified atom stereocenters. The standard InChI is InChI=1S/C17H17F4N5O.ClH/c1-9-12(18)5-14(26-9)15(27)23-6-10-2-3-22-13(4-10)11-7-24-16(25-8-11)17(19,20)21;/h2-4,7-9,12,14,26H,5-6H2,1H3,(H,23,27);1H/t9-,12+,14-;/m0./s1. The van der Waals surface area contributed by atoms with E-state index in [9.17, 15) is 22.4 Å². The monoisotopic (exact) mass is 419 g/mol. The first-order valence-corrected chi connectivity index (χ1v) is 8.26. The second-order valence-electron chi connectivity index (χ2n) is 6.32. The minimum absolute atomic E-state index is 0. The van der Waals surface area contributed by atoms with Gasteiger partial charge in [0, 0.05) is 43.2 Å². The number of pyridine rings is 1. The van der Waals surface area contributed by atoms with Crippen molar-refractivity contribution in [2.45, 2.75) is 44.3 Å². The van der Waals surface area contributed by atoms with Gasteiger partial charge in [-0.1, -0.05) is 0 Å². The van der Waals surface area contributed by atoms with Gasteiger partial charge in [-0.25, -0.2) is 14.4 Å². The van der Waals surface area contributed by atoms with Crippen LogP contribution < -0.4 is 10.6 Å². The summed E-state index contributed by atoms with van der Waals surface area (Å²) in [6.45, 7) is 1.86. The van der Waals surface area contributed by atoms with E-state index in [-0.39, 0.29) is 37.3 Å². The van der Waals surface area contributed by atoms with Crippen molar-refractivity contribution in [3.8, 4) is 11.3 Å². The third kappa shape index (κ3) is 5.14. The second kappa shape index (κ2) is 8.78. The van der Waals surface area contributed by atoms with Gasteiger partial charge in [-0.2, -0.15) is 13.2 Å². The van der Waals surface area contributed by atoms with E-state index >= 15 is 0 Å². The zero-order valence-electron chi connectivity index (χ0n) is 14.7. The van der Waals surface area contributed by atoms with Gasteiger partial charge >= 0.3 is 6.18 Å². The second-order valence-corrected chi connectivity index (χ2v) is 6.32. The number of rotatable bonds is 4. The molecular weight excluding hydrogens is 402 g/mol. The van der Waals surface area contributed by atoms with E-state index < -0.39 is 24.2 Å². The van der Waals surface area contributed by atoms with Crippen molar-refractivity contribution in [1.82, 2.24) is 25.6 Å². The summed E-state index contributed by atoms with van der Waals surface area (Å²) in [5, 5.41) is 5.60. The van der Waals surface area contributed by atoms with Crippen LogP contribution in [0.4, 0.5) is 17.6 Å². The molecule has 2 aromatic rings. The first-order valence-electron chi connectivity index (χ1n) is 8.26. The van der Waals surface area contributed by atoms with Crippen molar-refractivity contribution in [3.05, 3.63) is 42.1 Å². The maximum atomic E-state index is 13.5. The Morgan fingerprint density at radius 2 is 1.96 bits per heavy atom. The summed E-state index contributed by atoms with van der Waals surface area (Å²) >= 11 is 0. The minimum Gasteiger partial charge on any atom is -0.351 e.